The Morgan fingerprint density at radius 2 is 2.08 bits per heavy atom. The molecule has 0 bridgehead atoms. The third-order valence-electron chi connectivity index (χ3n) is 4.15. The van der Waals surface area contributed by atoms with Gasteiger partial charge in [0, 0.05) is 17.4 Å². The molecule has 3 N–H and O–H groups in total. The number of rotatable bonds is 4. The van der Waals surface area contributed by atoms with Gasteiger partial charge in [-0.15, -0.1) is 16.4 Å². The fourth-order valence-electron chi connectivity index (χ4n) is 2.81. The molecule has 6 nitrogen and oxygen atoms in total. The molecule has 130 valence electrons. The molecule has 0 unspecified atom stereocenters. The number of benzene rings is 1. The molecule has 3 heterocycles. The Bertz CT molecular complexity index is 1100. The number of anilines is 2. The molecule has 0 saturated carbocycles. The van der Waals surface area contributed by atoms with Gasteiger partial charge in [0.1, 0.15) is 0 Å². The summed E-state index contributed by atoms with van der Waals surface area (Å²) in [5, 5.41) is 9.09. The lowest BCUT2D eigenvalue weighted by molar-refractivity contribution is 0.103. The van der Waals surface area contributed by atoms with Crippen molar-refractivity contribution in [1.29, 1.82) is 0 Å². The standard InChI is InChI=1S/C19H17N5OS/c1-2-12-5-3-4-6-15(12)21-18(25)16-9-14(11-26-16)13-7-8-17-22-19(20)23-24(17)10-13/h3-11H,2H2,1H3,(H2,20,23)(H,21,25). The van der Waals surface area contributed by atoms with Crippen molar-refractivity contribution in [2.24, 2.45) is 0 Å². The van der Waals surface area contributed by atoms with Crippen molar-refractivity contribution in [2.75, 3.05) is 11.1 Å². The van der Waals surface area contributed by atoms with Crippen LogP contribution in [0.15, 0.2) is 54.0 Å². The minimum Gasteiger partial charge on any atom is -0.366 e. The number of nitrogen functional groups attached to an aromatic ring is 1. The van der Waals surface area contributed by atoms with Crippen molar-refractivity contribution < 1.29 is 4.79 Å². The summed E-state index contributed by atoms with van der Waals surface area (Å²) < 4.78 is 1.64. The first-order valence-corrected chi connectivity index (χ1v) is 9.12. The highest BCUT2D eigenvalue weighted by atomic mass is 32.1. The molecule has 0 radical (unpaired) electrons. The largest absolute Gasteiger partial charge is 0.366 e. The SMILES string of the molecule is CCc1ccccc1NC(=O)c1cc(-c2ccc3nc(N)nn3c2)cs1. The number of aryl methyl sites for hydroxylation is 1. The molecular weight excluding hydrogens is 346 g/mol. The Balaban J connectivity index is 1.59. The number of nitrogens with zero attached hydrogens (tertiary/aromatic N) is 3. The van der Waals surface area contributed by atoms with E-state index in [1.54, 1.807) is 4.52 Å². The zero-order chi connectivity index (χ0) is 18.1. The number of hydrogen-bond donors (Lipinski definition) is 2. The van der Waals surface area contributed by atoms with E-state index >= 15 is 0 Å². The van der Waals surface area contributed by atoms with E-state index in [0.717, 1.165) is 28.8 Å². The van der Waals surface area contributed by atoms with Crippen LogP contribution in [0.2, 0.25) is 0 Å². The van der Waals surface area contributed by atoms with E-state index in [9.17, 15) is 4.79 Å². The molecule has 0 aliphatic carbocycles. The second-order valence-corrected chi connectivity index (χ2v) is 6.77. The predicted octanol–water partition coefficient (Wildman–Crippen LogP) is 3.85. The first-order valence-electron chi connectivity index (χ1n) is 8.24. The third-order valence-corrected chi connectivity index (χ3v) is 5.08. The summed E-state index contributed by atoms with van der Waals surface area (Å²) in [7, 11) is 0. The Morgan fingerprint density at radius 3 is 2.92 bits per heavy atom. The summed E-state index contributed by atoms with van der Waals surface area (Å²) in [4.78, 5) is 17.4. The van der Waals surface area contributed by atoms with Crippen molar-refractivity contribution in [3.8, 4) is 11.1 Å². The fraction of sp³-hybridized carbons (Fsp3) is 0.105. The molecule has 1 amide bonds. The molecule has 0 aliphatic heterocycles. The van der Waals surface area contributed by atoms with Crippen LogP contribution in [0.3, 0.4) is 0 Å². The van der Waals surface area contributed by atoms with Gasteiger partial charge in [-0.25, -0.2) is 4.52 Å². The molecular formula is C19H17N5OS. The number of carbonyl (C=O) groups excluding carboxylic acids is 1. The van der Waals surface area contributed by atoms with Crippen molar-refractivity contribution in [1.82, 2.24) is 14.6 Å². The van der Waals surface area contributed by atoms with Crippen LogP contribution < -0.4 is 11.1 Å². The Morgan fingerprint density at radius 1 is 1.23 bits per heavy atom. The van der Waals surface area contributed by atoms with Crippen LogP contribution in [-0.2, 0) is 6.42 Å². The number of para-hydroxylation sites is 1. The number of fused-ring (bicyclic) bond motifs is 1. The number of pyridine rings is 1. The van der Waals surface area contributed by atoms with Gasteiger partial charge in [0.05, 0.1) is 4.88 Å². The van der Waals surface area contributed by atoms with Crippen molar-refractivity contribution in [3.05, 3.63) is 64.5 Å². The van der Waals surface area contributed by atoms with Gasteiger partial charge in [-0.3, -0.25) is 4.79 Å². The average molecular weight is 363 g/mol. The number of aromatic nitrogens is 3. The first kappa shape index (κ1) is 16.3. The third kappa shape index (κ3) is 3.04. The second kappa shape index (κ2) is 6.61. The summed E-state index contributed by atoms with van der Waals surface area (Å²) in [6, 6.07) is 13.5. The van der Waals surface area contributed by atoms with E-state index in [4.69, 9.17) is 5.73 Å². The van der Waals surface area contributed by atoms with Crippen molar-refractivity contribution >= 4 is 34.5 Å². The molecule has 0 saturated heterocycles. The number of thiophene rings is 1. The average Bonchev–Trinajstić information content (AvgIpc) is 3.27. The summed E-state index contributed by atoms with van der Waals surface area (Å²) in [6.45, 7) is 2.07. The fourth-order valence-corrected chi connectivity index (χ4v) is 3.62. The van der Waals surface area contributed by atoms with Crippen LogP contribution in [0, 0.1) is 0 Å². The Kier molecular flexibility index (Phi) is 4.14. The number of hydrogen-bond acceptors (Lipinski definition) is 5. The number of nitrogens with one attached hydrogen (secondary N) is 1. The second-order valence-electron chi connectivity index (χ2n) is 5.86. The minimum atomic E-state index is -0.103. The maximum absolute atomic E-state index is 12.6. The van der Waals surface area contributed by atoms with Gasteiger partial charge in [0.25, 0.3) is 5.91 Å². The number of carbonyl (C=O) groups is 1. The molecule has 0 fully saturated rings. The van der Waals surface area contributed by atoms with E-state index in [1.807, 2.05) is 54.0 Å². The van der Waals surface area contributed by atoms with Crippen LogP contribution in [0.5, 0.6) is 0 Å². The van der Waals surface area contributed by atoms with Crippen LogP contribution in [0.4, 0.5) is 11.6 Å². The molecule has 0 atom stereocenters. The molecule has 0 aliphatic rings. The summed E-state index contributed by atoms with van der Waals surface area (Å²) in [5.74, 6) is 0.135. The Hall–Kier alpha value is -3.19. The molecule has 0 spiro atoms. The first-order chi connectivity index (χ1) is 12.6. The van der Waals surface area contributed by atoms with Gasteiger partial charge in [-0.05, 0) is 47.2 Å². The smallest absolute Gasteiger partial charge is 0.265 e. The molecule has 3 aromatic heterocycles. The maximum atomic E-state index is 12.6. The summed E-state index contributed by atoms with van der Waals surface area (Å²) in [5.41, 5.74) is 10.2. The highest BCUT2D eigenvalue weighted by Crippen LogP contribution is 2.27. The highest BCUT2D eigenvalue weighted by Gasteiger charge is 2.12. The van der Waals surface area contributed by atoms with Gasteiger partial charge in [-0.1, -0.05) is 25.1 Å². The molecule has 7 heteroatoms. The monoisotopic (exact) mass is 363 g/mol. The lowest BCUT2D eigenvalue weighted by Crippen LogP contribution is -2.11. The zero-order valence-corrected chi connectivity index (χ0v) is 15.0. The van der Waals surface area contributed by atoms with Gasteiger partial charge in [0.2, 0.25) is 5.95 Å². The van der Waals surface area contributed by atoms with Crippen LogP contribution in [0.25, 0.3) is 16.8 Å². The van der Waals surface area contributed by atoms with Gasteiger partial charge >= 0.3 is 0 Å². The van der Waals surface area contributed by atoms with Gasteiger partial charge in [0.15, 0.2) is 5.65 Å². The normalized spacial score (nSPS) is 11.0. The zero-order valence-electron chi connectivity index (χ0n) is 14.1. The van der Waals surface area contributed by atoms with E-state index in [-0.39, 0.29) is 11.9 Å². The molecule has 4 aromatic rings. The molecule has 4 rings (SSSR count). The quantitative estimate of drug-likeness (QED) is 0.577. The van der Waals surface area contributed by atoms with E-state index in [1.165, 1.54) is 11.3 Å². The van der Waals surface area contributed by atoms with E-state index in [2.05, 4.69) is 22.3 Å². The van der Waals surface area contributed by atoms with E-state index < -0.39 is 0 Å². The van der Waals surface area contributed by atoms with Crippen LogP contribution >= 0.6 is 11.3 Å². The summed E-state index contributed by atoms with van der Waals surface area (Å²) >= 11 is 1.41. The van der Waals surface area contributed by atoms with Crippen molar-refractivity contribution in [3.63, 3.8) is 0 Å². The van der Waals surface area contributed by atoms with Gasteiger partial charge in [-0.2, -0.15) is 4.98 Å². The minimum absolute atomic E-state index is 0.103. The predicted molar refractivity (Wildman–Crippen MR) is 104 cm³/mol. The lowest BCUT2D eigenvalue weighted by atomic mass is 10.1. The van der Waals surface area contributed by atoms with Crippen molar-refractivity contribution in [2.45, 2.75) is 13.3 Å². The number of amides is 1. The lowest BCUT2D eigenvalue weighted by Gasteiger charge is -2.08. The topological polar surface area (TPSA) is 85.3 Å². The summed E-state index contributed by atoms with van der Waals surface area (Å²) in [6.07, 6.45) is 2.72. The maximum Gasteiger partial charge on any atom is 0.265 e. The Labute approximate surface area is 154 Å². The highest BCUT2D eigenvalue weighted by molar-refractivity contribution is 7.12. The molecule has 26 heavy (non-hydrogen) atoms. The molecule has 1 aromatic carbocycles. The van der Waals surface area contributed by atoms with Crippen LogP contribution in [0.1, 0.15) is 22.2 Å². The van der Waals surface area contributed by atoms with E-state index in [0.29, 0.717) is 10.5 Å². The van der Waals surface area contributed by atoms with Gasteiger partial charge < -0.3 is 11.1 Å². The number of nitrogens with two attached hydrogens (primary N) is 1. The van der Waals surface area contributed by atoms with Crippen LogP contribution in [-0.4, -0.2) is 20.5 Å².